The van der Waals surface area contributed by atoms with Crippen LogP contribution in [0.3, 0.4) is 0 Å². The van der Waals surface area contributed by atoms with Crippen LogP contribution in [0.2, 0.25) is 0 Å². The molecule has 0 saturated carbocycles. The normalized spacial score (nSPS) is 20.5. The molecule has 25 heavy (non-hydrogen) atoms. The molecule has 2 aromatic carbocycles. The van der Waals surface area contributed by atoms with E-state index in [1.165, 1.54) is 29.5 Å². The molecule has 130 valence electrons. The van der Waals surface area contributed by atoms with Crippen molar-refractivity contribution < 1.29 is 10.1 Å². The molecule has 0 radical (unpaired) electrons. The summed E-state index contributed by atoms with van der Waals surface area (Å²) in [5.74, 6) is 0.246. The summed E-state index contributed by atoms with van der Waals surface area (Å²) in [5, 5.41) is 2.29. The van der Waals surface area contributed by atoms with Gasteiger partial charge in [-0.1, -0.05) is 42.5 Å². The molecule has 1 aliphatic heterocycles. The summed E-state index contributed by atoms with van der Waals surface area (Å²) >= 11 is 0. The van der Waals surface area contributed by atoms with E-state index in [0.717, 1.165) is 31.5 Å². The molecule has 2 atom stereocenters. The second-order valence-corrected chi connectivity index (χ2v) is 7.40. The van der Waals surface area contributed by atoms with Gasteiger partial charge in [-0.25, -0.2) is 0 Å². The van der Waals surface area contributed by atoms with E-state index < -0.39 is 0 Å². The predicted molar refractivity (Wildman–Crippen MR) is 101 cm³/mol. The molecular formula is C22H27N2O+. The van der Waals surface area contributed by atoms with E-state index in [2.05, 4.69) is 54.7 Å². The summed E-state index contributed by atoms with van der Waals surface area (Å²) in [6, 6.07) is 17.4. The number of benzene rings is 2. The quantitative estimate of drug-likeness (QED) is 0.920. The molecule has 1 heterocycles. The number of quaternary nitrogens is 1. The highest BCUT2D eigenvalue weighted by Crippen LogP contribution is 2.28. The first-order chi connectivity index (χ1) is 12.2. The molecule has 3 nitrogen and oxygen atoms in total. The summed E-state index contributed by atoms with van der Waals surface area (Å²) in [6.07, 6.45) is 5.68. The first-order valence-corrected chi connectivity index (χ1v) is 9.56. The Morgan fingerprint density at radius 1 is 1.04 bits per heavy atom. The van der Waals surface area contributed by atoms with Crippen molar-refractivity contribution in [3.8, 4) is 0 Å². The topological polar surface area (TPSA) is 36.9 Å². The van der Waals surface area contributed by atoms with E-state index >= 15 is 0 Å². The number of hydrogen-bond donors (Lipinski definition) is 1. The van der Waals surface area contributed by atoms with Crippen molar-refractivity contribution in [2.75, 3.05) is 11.4 Å². The maximum absolute atomic E-state index is 13.1. The van der Waals surface area contributed by atoms with Gasteiger partial charge in [0, 0.05) is 24.2 Å². The number of para-hydroxylation sites is 1. The Bertz CT molecular complexity index is 770. The number of fused-ring (bicyclic) bond motifs is 2. The third kappa shape index (κ3) is 3.21. The van der Waals surface area contributed by atoms with Crippen molar-refractivity contribution in [1.29, 1.82) is 0 Å². The van der Waals surface area contributed by atoms with E-state index in [1.54, 1.807) is 0 Å². The molecule has 1 amide bonds. The van der Waals surface area contributed by atoms with Gasteiger partial charge in [0.1, 0.15) is 6.04 Å². The van der Waals surface area contributed by atoms with Gasteiger partial charge in [-0.3, -0.25) is 4.79 Å². The summed E-state index contributed by atoms with van der Waals surface area (Å²) in [7, 11) is 0. The molecule has 3 heteroatoms. The Kier molecular flexibility index (Phi) is 4.58. The SMILES string of the molecule is C[C@H]([NH2+][C@H]1CCCc2ccccc21)C(=O)N1CCCc2ccccc21. The number of hydrogen-bond acceptors (Lipinski definition) is 1. The van der Waals surface area contributed by atoms with Crippen LogP contribution in [0.1, 0.15) is 48.9 Å². The van der Waals surface area contributed by atoms with Crippen LogP contribution < -0.4 is 10.2 Å². The van der Waals surface area contributed by atoms with Crippen molar-refractivity contribution in [2.24, 2.45) is 0 Å². The lowest BCUT2D eigenvalue weighted by Crippen LogP contribution is -2.93. The minimum atomic E-state index is -0.0534. The summed E-state index contributed by atoms with van der Waals surface area (Å²) in [4.78, 5) is 15.1. The number of amides is 1. The average molecular weight is 335 g/mol. The van der Waals surface area contributed by atoms with Crippen molar-refractivity contribution in [1.82, 2.24) is 0 Å². The first-order valence-electron chi connectivity index (χ1n) is 9.56. The molecule has 2 N–H and O–H groups in total. The highest BCUT2D eigenvalue weighted by molar-refractivity contribution is 5.97. The zero-order valence-electron chi connectivity index (χ0n) is 14.9. The van der Waals surface area contributed by atoms with Gasteiger partial charge in [-0.15, -0.1) is 0 Å². The van der Waals surface area contributed by atoms with E-state index in [9.17, 15) is 4.79 Å². The Labute approximate surface area is 150 Å². The molecule has 0 fully saturated rings. The number of rotatable bonds is 3. The zero-order chi connectivity index (χ0) is 17.2. The Morgan fingerprint density at radius 2 is 1.76 bits per heavy atom. The Hall–Kier alpha value is -2.13. The van der Waals surface area contributed by atoms with Crippen LogP contribution in [0.25, 0.3) is 0 Å². The second kappa shape index (κ2) is 7.01. The van der Waals surface area contributed by atoms with E-state index in [0.29, 0.717) is 6.04 Å². The molecule has 2 aromatic rings. The van der Waals surface area contributed by atoms with Gasteiger partial charge in [-0.05, 0) is 49.8 Å². The highest BCUT2D eigenvalue weighted by Gasteiger charge is 2.31. The zero-order valence-corrected chi connectivity index (χ0v) is 14.9. The maximum Gasteiger partial charge on any atom is 0.284 e. The predicted octanol–water partition coefficient (Wildman–Crippen LogP) is 3.00. The number of nitrogens with zero attached hydrogens (tertiary/aromatic N) is 1. The Morgan fingerprint density at radius 3 is 2.64 bits per heavy atom. The minimum Gasteiger partial charge on any atom is -0.330 e. The molecule has 4 rings (SSSR count). The van der Waals surface area contributed by atoms with Crippen molar-refractivity contribution >= 4 is 11.6 Å². The van der Waals surface area contributed by atoms with E-state index in [1.807, 2.05) is 11.0 Å². The van der Waals surface area contributed by atoms with Gasteiger partial charge in [0.25, 0.3) is 5.91 Å². The smallest absolute Gasteiger partial charge is 0.284 e. The van der Waals surface area contributed by atoms with Crippen molar-refractivity contribution in [3.05, 3.63) is 65.2 Å². The first kappa shape index (κ1) is 16.3. The van der Waals surface area contributed by atoms with E-state index in [-0.39, 0.29) is 11.9 Å². The van der Waals surface area contributed by atoms with Crippen LogP contribution in [0.4, 0.5) is 5.69 Å². The number of carbonyl (C=O) groups is 1. The van der Waals surface area contributed by atoms with Crippen molar-refractivity contribution in [3.63, 3.8) is 0 Å². The minimum absolute atomic E-state index is 0.0534. The molecular weight excluding hydrogens is 308 g/mol. The van der Waals surface area contributed by atoms with Gasteiger partial charge in [0.15, 0.2) is 6.04 Å². The number of aryl methyl sites for hydroxylation is 2. The van der Waals surface area contributed by atoms with Crippen molar-refractivity contribution in [2.45, 2.75) is 51.1 Å². The average Bonchev–Trinajstić information content (AvgIpc) is 2.67. The van der Waals surface area contributed by atoms with Crippen LogP contribution in [0.15, 0.2) is 48.5 Å². The van der Waals surface area contributed by atoms with Gasteiger partial charge >= 0.3 is 0 Å². The summed E-state index contributed by atoms with van der Waals surface area (Å²) in [5.41, 5.74) is 5.30. The summed E-state index contributed by atoms with van der Waals surface area (Å²) < 4.78 is 0. The number of carbonyl (C=O) groups excluding carboxylic acids is 1. The second-order valence-electron chi connectivity index (χ2n) is 7.40. The highest BCUT2D eigenvalue weighted by atomic mass is 16.2. The maximum atomic E-state index is 13.1. The molecule has 0 bridgehead atoms. The fraction of sp³-hybridized carbons (Fsp3) is 0.409. The number of nitrogens with two attached hydrogens (primary N) is 1. The van der Waals surface area contributed by atoms with Crippen LogP contribution >= 0.6 is 0 Å². The molecule has 0 saturated heterocycles. The molecule has 2 aliphatic rings. The fourth-order valence-electron chi connectivity index (χ4n) is 4.43. The Balaban J connectivity index is 1.51. The van der Waals surface area contributed by atoms with Crippen LogP contribution in [-0.4, -0.2) is 18.5 Å². The molecule has 0 unspecified atom stereocenters. The molecule has 1 aliphatic carbocycles. The van der Waals surface area contributed by atoms with Crippen LogP contribution in [0, 0.1) is 0 Å². The standard InChI is InChI=1S/C22H26N2O/c1-16(23-20-13-6-10-17-8-2-4-12-19(17)20)22(25)24-15-7-11-18-9-3-5-14-21(18)24/h2-5,8-9,12,14,16,20,23H,6-7,10-11,13,15H2,1H3/p+1/t16-,20-/m0/s1. The lowest BCUT2D eigenvalue weighted by Gasteiger charge is -2.32. The lowest BCUT2D eigenvalue weighted by atomic mass is 9.87. The van der Waals surface area contributed by atoms with Gasteiger partial charge < -0.3 is 10.2 Å². The molecule has 0 aromatic heterocycles. The van der Waals surface area contributed by atoms with E-state index in [4.69, 9.17) is 0 Å². The van der Waals surface area contributed by atoms with Gasteiger partial charge in [0.2, 0.25) is 0 Å². The third-order valence-electron chi connectivity index (χ3n) is 5.70. The van der Waals surface area contributed by atoms with Crippen LogP contribution in [0.5, 0.6) is 0 Å². The van der Waals surface area contributed by atoms with Gasteiger partial charge in [-0.2, -0.15) is 0 Å². The lowest BCUT2D eigenvalue weighted by molar-refractivity contribution is -0.714. The number of anilines is 1. The molecule has 0 spiro atoms. The third-order valence-corrected chi connectivity index (χ3v) is 5.70. The largest absolute Gasteiger partial charge is 0.330 e. The summed E-state index contributed by atoms with van der Waals surface area (Å²) in [6.45, 7) is 2.91. The van der Waals surface area contributed by atoms with Gasteiger partial charge in [0.05, 0.1) is 0 Å². The van der Waals surface area contributed by atoms with Crippen LogP contribution in [-0.2, 0) is 17.6 Å². The monoisotopic (exact) mass is 335 g/mol. The fourth-order valence-corrected chi connectivity index (χ4v) is 4.43.